The zero-order valence-corrected chi connectivity index (χ0v) is 13.4. The molecule has 2 aliphatic heterocycles. The van der Waals surface area contributed by atoms with Crippen LogP contribution in [-0.2, 0) is 9.47 Å². The molecule has 1 aromatic carbocycles. The van der Waals surface area contributed by atoms with Crippen molar-refractivity contribution in [3.05, 3.63) is 35.2 Å². The van der Waals surface area contributed by atoms with Crippen LogP contribution in [0.25, 0.3) is 11.3 Å². The number of nitrogens with zero attached hydrogens (tertiary/aromatic N) is 3. The van der Waals surface area contributed by atoms with Gasteiger partial charge in [0.1, 0.15) is 5.69 Å². The van der Waals surface area contributed by atoms with Gasteiger partial charge < -0.3 is 14.4 Å². The Bertz CT molecular complexity index is 671. The van der Waals surface area contributed by atoms with Gasteiger partial charge in [0, 0.05) is 42.4 Å². The standard InChI is InChI=1S/C16H17N3O3S/c20-15(19-7-5-16(6-8-19)21-9-10-22-16)13-3-1-12(2-4-13)14-11-23-18-17-14/h1-4,11H,5-10H2. The fourth-order valence-electron chi connectivity index (χ4n) is 3.09. The van der Waals surface area contributed by atoms with Gasteiger partial charge in [0.2, 0.25) is 0 Å². The number of hydrogen-bond acceptors (Lipinski definition) is 6. The van der Waals surface area contributed by atoms with Crippen LogP contribution in [-0.4, -0.2) is 52.5 Å². The number of benzene rings is 1. The lowest BCUT2D eigenvalue weighted by atomic mass is 10.0. The third-order valence-corrected chi connectivity index (χ3v) is 4.92. The average molecular weight is 331 g/mol. The predicted molar refractivity (Wildman–Crippen MR) is 85.1 cm³/mol. The number of likely N-dealkylation sites (tertiary alicyclic amines) is 1. The molecule has 1 spiro atoms. The van der Waals surface area contributed by atoms with Crippen LogP contribution in [0, 0.1) is 0 Å². The first-order chi connectivity index (χ1) is 11.3. The van der Waals surface area contributed by atoms with Crippen LogP contribution in [0.4, 0.5) is 0 Å². The second-order valence-corrected chi connectivity index (χ2v) is 6.38. The summed E-state index contributed by atoms with van der Waals surface area (Å²) in [6, 6.07) is 7.53. The van der Waals surface area contributed by atoms with E-state index < -0.39 is 5.79 Å². The highest BCUT2D eigenvalue weighted by Gasteiger charge is 2.40. The average Bonchev–Trinajstić information content (AvgIpc) is 3.28. The molecule has 120 valence electrons. The highest BCUT2D eigenvalue weighted by atomic mass is 32.1. The van der Waals surface area contributed by atoms with Gasteiger partial charge in [-0.1, -0.05) is 16.6 Å². The van der Waals surface area contributed by atoms with Crippen molar-refractivity contribution < 1.29 is 14.3 Å². The quantitative estimate of drug-likeness (QED) is 0.844. The first-order valence-corrected chi connectivity index (χ1v) is 8.54. The SMILES string of the molecule is O=C(c1ccc(-c2csnn2)cc1)N1CCC2(CC1)OCCO2. The molecule has 0 atom stereocenters. The highest BCUT2D eigenvalue weighted by Crippen LogP contribution is 2.31. The molecule has 6 nitrogen and oxygen atoms in total. The minimum Gasteiger partial charge on any atom is -0.347 e. The first kappa shape index (κ1) is 14.7. The summed E-state index contributed by atoms with van der Waals surface area (Å²) in [4.78, 5) is 14.5. The molecular formula is C16H17N3O3S. The summed E-state index contributed by atoms with van der Waals surface area (Å²) in [7, 11) is 0. The number of hydrogen-bond donors (Lipinski definition) is 0. The van der Waals surface area contributed by atoms with Crippen molar-refractivity contribution in [3.8, 4) is 11.3 Å². The van der Waals surface area contributed by atoms with Crippen molar-refractivity contribution in [2.45, 2.75) is 18.6 Å². The molecule has 2 aromatic rings. The summed E-state index contributed by atoms with van der Waals surface area (Å²) in [6.45, 7) is 2.63. The summed E-state index contributed by atoms with van der Waals surface area (Å²) < 4.78 is 15.3. The molecule has 7 heteroatoms. The zero-order valence-electron chi connectivity index (χ0n) is 12.6. The summed E-state index contributed by atoms with van der Waals surface area (Å²) in [5.74, 6) is -0.390. The van der Waals surface area contributed by atoms with Crippen LogP contribution in [0.5, 0.6) is 0 Å². The number of piperidine rings is 1. The van der Waals surface area contributed by atoms with Crippen molar-refractivity contribution >= 4 is 17.4 Å². The van der Waals surface area contributed by atoms with E-state index in [1.807, 2.05) is 34.5 Å². The maximum absolute atomic E-state index is 12.6. The van der Waals surface area contributed by atoms with Gasteiger partial charge in [0.15, 0.2) is 5.79 Å². The van der Waals surface area contributed by atoms with Gasteiger partial charge in [-0.15, -0.1) is 5.10 Å². The monoisotopic (exact) mass is 331 g/mol. The summed E-state index contributed by atoms with van der Waals surface area (Å²) in [5, 5.41) is 5.93. The molecule has 0 radical (unpaired) electrons. The minimum absolute atomic E-state index is 0.0563. The van der Waals surface area contributed by atoms with Crippen molar-refractivity contribution in [1.29, 1.82) is 0 Å². The van der Waals surface area contributed by atoms with E-state index in [-0.39, 0.29) is 5.91 Å². The van der Waals surface area contributed by atoms with Crippen LogP contribution in [0.2, 0.25) is 0 Å². The molecule has 3 heterocycles. The van der Waals surface area contributed by atoms with Gasteiger partial charge in [0.25, 0.3) is 5.91 Å². The molecule has 0 N–H and O–H groups in total. The molecular weight excluding hydrogens is 314 g/mol. The van der Waals surface area contributed by atoms with E-state index in [0.717, 1.165) is 24.1 Å². The lowest BCUT2D eigenvalue weighted by Crippen LogP contribution is -2.47. The van der Waals surface area contributed by atoms with Gasteiger partial charge in [0.05, 0.1) is 13.2 Å². The fraction of sp³-hybridized carbons (Fsp3) is 0.438. The Hall–Kier alpha value is -1.83. The minimum atomic E-state index is -0.446. The second-order valence-electron chi connectivity index (χ2n) is 5.77. The normalized spacial score (nSPS) is 20.1. The third-order valence-electron chi connectivity index (χ3n) is 4.41. The molecule has 2 fully saturated rings. The summed E-state index contributed by atoms with van der Waals surface area (Å²) >= 11 is 1.32. The summed E-state index contributed by atoms with van der Waals surface area (Å²) in [6.07, 6.45) is 1.47. The molecule has 0 unspecified atom stereocenters. The lowest BCUT2D eigenvalue weighted by molar-refractivity contribution is -0.181. The van der Waals surface area contributed by atoms with E-state index in [4.69, 9.17) is 9.47 Å². The molecule has 23 heavy (non-hydrogen) atoms. The number of rotatable bonds is 2. The Labute approximate surface area is 138 Å². The van der Waals surface area contributed by atoms with Crippen molar-refractivity contribution in [2.24, 2.45) is 0 Å². The van der Waals surface area contributed by atoms with E-state index >= 15 is 0 Å². The number of ether oxygens (including phenoxy) is 2. The highest BCUT2D eigenvalue weighted by molar-refractivity contribution is 7.03. The van der Waals surface area contributed by atoms with Crippen LogP contribution in [0.1, 0.15) is 23.2 Å². The van der Waals surface area contributed by atoms with E-state index in [1.54, 1.807) is 0 Å². The Morgan fingerprint density at radius 3 is 2.43 bits per heavy atom. The van der Waals surface area contributed by atoms with Crippen LogP contribution in [0.15, 0.2) is 29.6 Å². The summed E-state index contributed by atoms with van der Waals surface area (Å²) in [5.41, 5.74) is 2.51. The number of aromatic nitrogens is 2. The zero-order chi connectivity index (χ0) is 15.7. The van der Waals surface area contributed by atoms with E-state index in [9.17, 15) is 4.79 Å². The van der Waals surface area contributed by atoms with Gasteiger partial charge in [-0.25, -0.2) is 0 Å². The fourth-order valence-corrected chi connectivity index (χ4v) is 3.56. The Balaban J connectivity index is 1.43. The van der Waals surface area contributed by atoms with Gasteiger partial charge in [-0.2, -0.15) is 0 Å². The molecule has 1 amide bonds. The molecule has 2 saturated heterocycles. The Morgan fingerprint density at radius 1 is 1.13 bits per heavy atom. The van der Waals surface area contributed by atoms with Crippen LogP contribution >= 0.6 is 11.5 Å². The van der Waals surface area contributed by atoms with Gasteiger partial charge >= 0.3 is 0 Å². The van der Waals surface area contributed by atoms with Gasteiger partial charge in [-0.05, 0) is 23.7 Å². The third kappa shape index (κ3) is 2.87. The second kappa shape index (κ2) is 5.99. The molecule has 0 saturated carbocycles. The molecule has 0 aliphatic carbocycles. The smallest absolute Gasteiger partial charge is 0.253 e. The first-order valence-electron chi connectivity index (χ1n) is 7.70. The van der Waals surface area contributed by atoms with Crippen LogP contribution < -0.4 is 0 Å². The topological polar surface area (TPSA) is 64.6 Å². The molecule has 4 rings (SSSR count). The molecule has 1 aromatic heterocycles. The van der Waals surface area contributed by atoms with E-state index in [0.29, 0.717) is 31.9 Å². The van der Waals surface area contributed by atoms with Crippen LogP contribution in [0.3, 0.4) is 0 Å². The van der Waals surface area contributed by atoms with Crippen molar-refractivity contribution in [2.75, 3.05) is 26.3 Å². The number of carbonyl (C=O) groups excluding carboxylic acids is 1. The maximum Gasteiger partial charge on any atom is 0.253 e. The number of carbonyl (C=O) groups is 1. The Morgan fingerprint density at radius 2 is 1.83 bits per heavy atom. The molecule has 0 bridgehead atoms. The van der Waals surface area contributed by atoms with E-state index in [2.05, 4.69) is 9.59 Å². The van der Waals surface area contributed by atoms with E-state index in [1.165, 1.54) is 11.5 Å². The molecule has 2 aliphatic rings. The Kier molecular flexibility index (Phi) is 3.84. The lowest BCUT2D eigenvalue weighted by Gasteiger charge is -2.37. The van der Waals surface area contributed by atoms with Crippen molar-refractivity contribution in [3.63, 3.8) is 0 Å². The van der Waals surface area contributed by atoms with Crippen molar-refractivity contribution in [1.82, 2.24) is 14.5 Å². The van der Waals surface area contributed by atoms with Gasteiger partial charge in [-0.3, -0.25) is 4.79 Å². The number of amides is 1. The largest absolute Gasteiger partial charge is 0.347 e. The maximum atomic E-state index is 12.6. The predicted octanol–water partition coefficient (Wildman–Crippen LogP) is 2.18.